The molecule has 0 radical (unpaired) electrons. The number of alkyl halides is 3. The third-order valence-electron chi connectivity index (χ3n) is 1.74. The van der Waals surface area contributed by atoms with Crippen LogP contribution in [-0.2, 0) is 0 Å². The average Bonchev–Trinajstić information content (AvgIpc) is 2.06. The number of hydrogen-bond acceptors (Lipinski definition) is 2. The van der Waals surface area contributed by atoms with Gasteiger partial charge < -0.3 is 11.5 Å². The molecule has 14 heavy (non-hydrogen) atoms. The van der Waals surface area contributed by atoms with Gasteiger partial charge in [-0.05, 0) is 40.8 Å². The maximum atomic E-state index is 12.3. The average molecular weight is 316 g/mol. The zero-order valence-corrected chi connectivity index (χ0v) is 9.13. The van der Waals surface area contributed by atoms with Crippen molar-refractivity contribution in [1.29, 1.82) is 0 Å². The molecule has 0 fully saturated rings. The minimum absolute atomic E-state index is 0.0650. The van der Waals surface area contributed by atoms with Crippen molar-refractivity contribution < 1.29 is 13.2 Å². The zero-order valence-electron chi connectivity index (χ0n) is 6.98. The number of hydrogen-bond donors (Lipinski definition) is 2. The van der Waals surface area contributed by atoms with E-state index >= 15 is 0 Å². The minimum Gasteiger partial charge on any atom is -0.398 e. The van der Waals surface area contributed by atoms with Gasteiger partial charge in [0.25, 0.3) is 0 Å². The summed E-state index contributed by atoms with van der Waals surface area (Å²) in [5.74, 6) is 0. The number of nitrogen functional groups attached to an aromatic ring is 1. The first-order valence-electron chi connectivity index (χ1n) is 3.69. The van der Waals surface area contributed by atoms with Crippen molar-refractivity contribution in [1.82, 2.24) is 0 Å². The number of halogens is 4. The van der Waals surface area contributed by atoms with Crippen LogP contribution in [0.3, 0.4) is 0 Å². The summed E-state index contributed by atoms with van der Waals surface area (Å²) in [5, 5.41) is 0. The Labute approximate surface area is 92.6 Å². The van der Waals surface area contributed by atoms with Crippen LogP contribution in [-0.4, -0.2) is 6.18 Å². The lowest BCUT2D eigenvalue weighted by Crippen LogP contribution is -2.29. The fourth-order valence-electron chi connectivity index (χ4n) is 0.991. The summed E-state index contributed by atoms with van der Waals surface area (Å²) < 4.78 is 37.5. The minimum atomic E-state index is -4.46. The molecule has 4 N–H and O–H groups in total. The molecule has 0 saturated carbocycles. The van der Waals surface area contributed by atoms with E-state index in [4.69, 9.17) is 11.5 Å². The van der Waals surface area contributed by atoms with Crippen molar-refractivity contribution in [3.63, 3.8) is 0 Å². The molecule has 2 nitrogen and oxygen atoms in total. The predicted octanol–water partition coefficient (Wildman–Crippen LogP) is 2.44. The number of nitrogens with two attached hydrogens (primary N) is 2. The van der Waals surface area contributed by atoms with Gasteiger partial charge >= 0.3 is 6.18 Å². The lowest BCUT2D eigenvalue weighted by molar-refractivity contribution is -0.149. The van der Waals surface area contributed by atoms with Crippen LogP contribution in [0.25, 0.3) is 0 Å². The van der Waals surface area contributed by atoms with E-state index in [0.29, 0.717) is 3.57 Å². The van der Waals surface area contributed by atoms with Crippen molar-refractivity contribution in [2.45, 2.75) is 12.2 Å². The summed E-state index contributed by atoms with van der Waals surface area (Å²) in [7, 11) is 0. The summed E-state index contributed by atoms with van der Waals surface area (Å²) >= 11 is 1.91. The highest BCUT2D eigenvalue weighted by atomic mass is 127. The molecule has 1 atom stereocenters. The second-order valence-corrected chi connectivity index (χ2v) is 4.04. The molecule has 1 unspecified atom stereocenters. The molecule has 1 rings (SSSR count). The standard InChI is InChI=1S/C8H8F3IN2/c9-8(10,11)7(14)5-3-4(12)1-2-6(5)13/h1-3,7H,13-14H2. The van der Waals surface area contributed by atoms with E-state index in [1.807, 2.05) is 22.6 Å². The Hall–Kier alpha value is -0.500. The van der Waals surface area contributed by atoms with Crippen LogP contribution in [0.2, 0.25) is 0 Å². The van der Waals surface area contributed by atoms with Gasteiger partial charge in [-0.25, -0.2) is 0 Å². The van der Waals surface area contributed by atoms with Gasteiger partial charge in [-0.1, -0.05) is 0 Å². The van der Waals surface area contributed by atoms with Gasteiger partial charge in [-0.3, -0.25) is 0 Å². The fraction of sp³-hybridized carbons (Fsp3) is 0.250. The van der Waals surface area contributed by atoms with Crippen molar-refractivity contribution in [3.8, 4) is 0 Å². The van der Waals surface area contributed by atoms with Crippen LogP contribution in [0.15, 0.2) is 18.2 Å². The smallest absolute Gasteiger partial charge is 0.398 e. The summed E-state index contributed by atoms with van der Waals surface area (Å²) in [4.78, 5) is 0. The largest absolute Gasteiger partial charge is 0.407 e. The molecule has 0 aliphatic rings. The van der Waals surface area contributed by atoms with E-state index in [1.165, 1.54) is 12.1 Å². The lowest BCUT2D eigenvalue weighted by atomic mass is 10.1. The number of benzene rings is 1. The molecule has 0 saturated heterocycles. The van der Waals surface area contributed by atoms with Gasteiger partial charge in [0.05, 0.1) is 0 Å². The molecular formula is C8H8F3IN2. The maximum absolute atomic E-state index is 12.3. The van der Waals surface area contributed by atoms with Crippen LogP contribution in [0.5, 0.6) is 0 Å². The van der Waals surface area contributed by atoms with Gasteiger partial charge in [0.2, 0.25) is 0 Å². The number of rotatable bonds is 1. The van der Waals surface area contributed by atoms with Crippen LogP contribution in [0.1, 0.15) is 11.6 Å². The highest BCUT2D eigenvalue weighted by Crippen LogP contribution is 2.33. The highest BCUT2D eigenvalue weighted by molar-refractivity contribution is 14.1. The lowest BCUT2D eigenvalue weighted by Gasteiger charge is -2.17. The Morgan fingerprint density at radius 2 is 1.86 bits per heavy atom. The van der Waals surface area contributed by atoms with Crippen LogP contribution >= 0.6 is 22.6 Å². The topological polar surface area (TPSA) is 52.0 Å². The first-order chi connectivity index (χ1) is 6.32. The van der Waals surface area contributed by atoms with Crippen LogP contribution in [0, 0.1) is 3.57 Å². The van der Waals surface area contributed by atoms with Gasteiger partial charge in [0.1, 0.15) is 6.04 Å². The van der Waals surface area contributed by atoms with Gasteiger partial charge in [0.15, 0.2) is 0 Å². The van der Waals surface area contributed by atoms with E-state index in [2.05, 4.69) is 0 Å². The molecule has 0 spiro atoms. The molecule has 1 aromatic rings. The highest BCUT2D eigenvalue weighted by Gasteiger charge is 2.38. The monoisotopic (exact) mass is 316 g/mol. The first kappa shape index (κ1) is 11.6. The quantitative estimate of drug-likeness (QED) is 0.618. The predicted molar refractivity (Wildman–Crippen MR) is 56.6 cm³/mol. The third-order valence-corrected chi connectivity index (χ3v) is 2.41. The molecule has 0 aliphatic heterocycles. The molecule has 0 aliphatic carbocycles. The zero-order chi connectivity index (χ0) is 10.9. The Morgan fingerprint density at radius 3 is 2.36 bits per heavy atom. The summed E-state index contributed by atoms with van der Waals surface area (Å²) in [5.41, 5.74) is 10.4. The Bertz CT molecular complexity index is 338. The van der Waals surface area contributed by atoms with Gasteiger partial charge in [-0.2, -0.15) is 13.2 Å². The molecule has 78 valence electrons. The Morgan fingerprint density at radius 1 is 1.29 bits per heavy atom. The van der Waals surface area contributed by atoms with Crippen molar-refractivity contribution in [3.05, 3.63) is 27.3 Å². The van der Waals surface area contributed by atoms with Crippen molar-refractivity contribution in [2.24, 2.45) is 5.73 Å². The second kappa shape index (κ2) is 3.93. The molecule has 0 amide bonds. The third kappa shape index (κ3) is 2.50. The summed E-state index contributed by atoms with van der Waals surface area (Å²) in [6, 6.07) is 2.37. The van der Waals surface area contributed by atoms with Crippen LogP contribution < -0.4 is 11.5 Å². The normalized spacial score (nSPS) is 14.1. The first-order valence-corrected chi connectivity index (χ1v) is 4.77. The van der Waals surface area contributed by atoms with Crippen LogP contribution in [0.4, 0.5) is 18.9 Å². The van der Waals surface area contributed by atoms with Crippen molar-refractivity contribution >= 4 is 28.3 Å². The fourth-order valence-corrected chi connectivity index (χ4v) is 1.51. The Kier molecular flexibility index (Phi) is 3.25. The van der Waals surface area contributed by atoms with E-state index in [-0.39, 0.29) is 11.3 Å². The second-order valence-electron chi connectivity index (χ2n) is 2.79. The van der Waals surface area contributed by atoms with E-state index in [0.717, 1.165) is 0 Å². The van der Waals surface area contributed by atoms with Gasteiger partial charge in [0, 0.05) is 14.8 Å². The van der Waals surface area contributed by atoms with Gasteiger partial charge in [-0.15, -0.1) is 0 Å². The molecule has 0 heterocycles. The van der Waals surface area contributed by atoms with E-state index in [1.54, 1.807) is 6.07 Å². The van der Waals surface area contributed by atoms with E-state index < -0.39 is 12.2 Å². The summed E-state index contributed by atoms with van der Waals surface area (Å²) in [6.45, 7) is 0. The van der Waals surface area contributed by atoms with E-state index in [9.17, 15) is 13.2 Å². The molecule has 0 aromatic heterocycles. The maximum Gasteiger partial charge on any atom is 0.407 e. The molecule has 0 bridgehead atoms. The van der Waals surface area contributed by atoms with Crippen molar-refractivity contribution in [2.75, 3.05) is 5.73 Å². The Balaban J connectivity index is 3.12. The SMILES string of the molecule is Nc1ccc(I)cc1C(N)C(F)(F)F. The molecule has 1 aromatic carbocycles. The molecular weight excluding hydrogens is 308 g/mol. The summed E-state index contributed by atoms with van der Waals surface area (Å²) in [6.07, 6.45) is -4.46. The molecule has 6 heteroatoms. The number of anilines is 1.